The first kappa shape index (κ1) is 16.6. The molecule has 0 fully saturated rings. The average molecular weight is 208 g/mol. The summed E-state index contributed by atoms with van der Waals surface area (Å²) >= 11 is 0. The Morgan fingerprint density at radius 2 is 1.40 bits per heavy atom. The van der Waals surface area contributed by atoms with Gasteiger partial charge in [0, 0.05) is 0 Å². The molecule has 88 valence electrons. The highest BCUT2D eigenvalue weighted by Gasteiger charge is 1.95. The molecule has 0 saturated carbocycles. The van der Waals surface area contributed by atoms with Crippen molar-refractivity contribution in [2.45, 2.75) is 48.5 Å². The van der Waals surface area contributed by atoms with Gasteiger partial charge in [0.2, 0.25) is 0 Å². The Morgan fingerprint density at radius 3 is 1.60 bits per heavy atom. The average Bonchev–Trinajstić information content (AvgIpc) is 2.02. The fourth-order valence-electron chi connectivity index (χ4n) is 0.860. The van der Waals surface area contributed by atoms with Crippen molar-refractivity contribution < 1.29 is 0 Å². The van der Waals surface area contributed by atoms with Gasteiger partial charge in [-0.3, -0.25) is 0 Å². The molecule has 0 aliphatic heterocycles. The molecule has 0 aliphatic carbocycles. The van der Waals surface area contributed by atoms with Crippen LogP contribution in [0, 0.1) is 11.8 Å². The summed E-state index contributed by atoms with van der Waals surface area (Å²) in [4.78, 5) is 0. The molecule has 0 heteroatoms. The second-order valence-electron chi connectivity index (χ2n) is 4.86. The SMILES string of the molecule is C=C(C)/C=C\C(=C/C)C(C)C.CC(C)C. The van der Waals surface area contributed by atoms with Gasteiger partial charge in [-0.25, -0.2) is 0 Å². The van der Waals surface area contributed by atoms with Crippen molar-refractivity contribution >= 4 is 0 Å². The van der Waals surface area contributed by atoms with Crippen molar-refractivity contribution in [2.24, 2.45) is 11.8 Å². The molecule has 0 spiro atoms. The van der Waals surface area contributed by atoms with Crippen LogP contribution in [-0.2, 0) is 0 Å². The molecular formula is C15H28. The summed E-state index contributed by atoms with van der Waals surface area (Å²) in [7, 11) is 0. The molecule has 0 heterocycles. The molecule has 0 aliphatic rings. The molecule has 0 unspecified atom stereocenters. The highest BCUT2D eigenvalue weighted by atomic mass is 14.0. The Labute approximate surface area is 96.8 Å². The summed E-state index contributed by atoms with van der Waals surface area (Å²) in [5, 5.41) is 0. The van der Waals surface area contributed by atoms with Gasteiger partial charge in [0.1, 0.15) is 0 Å². The van der Waals surface area contributed by atoms with E-state index in [1.54, 1.807) is 0 Å². The predicted octanol–water partition coefficient (Wildman–Crippen LogP) is 5.38. The smallest absolute Gasteiger partial charge is 0.0222 e. The van der Waals surface area contributed by atoms with E-state index in [2.05, 4.69) is 66.3 Å². The van der Waals surface area contributed by atoms with Gasteiger partial charge in [-0.1, -0.05) is 65.0 Å². The highest BCUT2D eigenvalue weighted by molar-refractivity contribution is 5.25. The maximum absolute atomic E-state index is 3.81. The Bertz CT molecular complexity index is 211. The largest absolute Gasteiger partial charge is 0.0961 e. The van der Waals surface area contributed by atoms with E-state index < -0.39 is 0 Å². The molecule has 0 bridgehead atoms. The van der Waals surface area contributed by atoms with E-state index >= 15 is 0 Å². The van der Waals surface area contributed by atoms with E-state index in [1.165, 1.54) is 5.57 Å². The molecule has 0 rings (SSSR count). The van der Waals surface area contributed by atoms with E-state index in [1.807, 2.05) is 6.92 Å². The summed E-state index contributed by atoms with van der Waals surface area (Å²) in [5.74, 6) is 1.44. The van der Waals surface area contributed by atoms with Crippen LogP contribution in [0.1, 0.15) is 48.5 Å². The predicted molar refractivity (Wildman–Crippen MR) is 73.1 cm³/mol. The van der Waals surface area contributed by atoms with Crippen LogP contribution in [0.15, 0.2) is 36.0 Å². The number of hydrogen-bond donors (Lipinski definition) is 0. The van der Waals surface area contributed by atoms with E-state index in [0.29, 0.717) is 5.92 Å². The molecule has 0 aromatic heterocycles. The lowest BCUT2D eigenvalue weighted by atomic mass is 10.0. The van der Waals surface area contributed by atoms with Crippen LogP contribution in [0.5, 0.6) is 0 Å². The molecule has 15 heavy (non-hydrogen) atoms. The fourth-order valence-corrected chi connectivity index (χ4v) is 0.860. The zero-order chi connectivity index (χ0) is 12.4. The first-order valence-electron chi connectivity index (χ1n) is 5.81. The van der Waals surface area contributed by atoms with E-state index in [9.17, 15) is 0 Å². The Kier molecular flexibility index (Phi) is 10.8. The van der Waals surface area contributed by atoms with Crippen molar-refractivity contribution in [2.75, 3.05) is 0 Å². The number of rotatable bonds is 3. The third kappa shape index (κ3) is 15.9. The minimum atomic E-state index is 0.607. The summed E-state index contributed by atoms with van der Waals surface area (Å²) < 4.78 is 0. The highest BCUT2D eigenvalue weighted by Crippen LogP contribution is 2.11. The van der Waals surface area contributed by atoms with Crippen LogP contribution in [0.25, 0.3) is 0 Å². The second kappa shape index (κ2) is 9.76. The van der Waals surface area contributed by atoms with Crippen LogP contribution >= 0.6 is 0 Å². The lowest BCUT2D eigenvalue weighted by Crippen LogP contribution is -1.88. The Balaban J connectivity index is 0. The molecule has 0 saturated heterocycles. The second-order valence-corrected chi connectivity index (χ2v) is 4.86. The molecule has 0 aromatic rings. The van der Waals surface area contributed by atoms with Crippen molar-refractivity contribution in [1.29, 1.82) is 0 Å². The Morgan fingerprint density at radius 1 is 1.00 bits per heavy atom. The van der Waals surface area contributed by atoms with Gasteiger partial charge in [-0.2, -0.15) is 0 Å². The summed E-state index contributed by atoms with van der Waals surface area (Å²) in [6, 6.07) is 0. The first-order chi connectivity index (χ1) is 6.81. The van der Waals surface area contributed by atoms with Crippen LogP contribution in [0.3, 0.4) is 0 Å². The van der Waals surface area contributed by atoms with Gasteiger partial charge in [-0.05, 0) is 31.3 Å². The maximum atomic E-state index is 3.81. The lowest BCUT2D eigenvalue weighted by molar-refractivity contribution is 0.737. The van der Waals surface area contributed by atoms with Crippen LogP contribution < -0.4 is 0 Å². The third-order valence-electron chi connectivity index (χ3n) is 1.56. The third-order valence-corrected chi connectivity index (χ3v) is 1.56. The molecule has 0 amide bonds. The first-order valence-corrected chi connectivity index (χ1v) is 5.81. The fraction of sp³-hybridized carbons (Fsp3) is 0.600. The number of allylic oxidation sites excluding steroid dienone is 5. The van der Waals surface area contributed by atoms with Crippen molar-refractivity contribution in [3.05, 3.63) is 36.0 Å². The monoisotopic (exact) mass is 208 g/mol. The van der Waals surface area contributed by atoms with Gasteiger partial charge in [0.25, 0.3) is 0 Å². The molecule has 0 radical (unpaired) electrons. The van der Waals surface area contributed by atoms with Crippen molar-refractivity contribution in [3.8, 4) is 0 Å². The summed E-state index contributed by atoms with van der Waals surface area (Å²) in [6.45, 7) is 18.8. The van der Waals surface area contributed by atoms with Crippen LogP contribution in [0.4, 0.5) is 0 Å². The zero-order valence-electron chi connectivity index (χ0n) is 11.6. The standard InChI is InChI=1S/C11H18.C4H10/c1-6-11(10(4)5)8-7-9(2)3;1-4(2)3/h6-8,10H,2H2,1,3-5H3;4H,1-3H3/b8-7-,11-6+;. The maximum Gasteiger partial charge on any atom is -0.0222 e. The quantitative estimate of drug-likeness (QED) is 0.546. The zero-order valence-corrected chi connectivity index (χ0v) is 11.6. The van der Waals surface area contributed by atoms with Gasteiger partial charge in [0.05, 0.1) is 0 Å². The normalized spacial score (nSPS) is 11.9. The van der Waals surface area contributed by atoms with Gasteiger partial charge >= 0.3 is 0 Å². The van der Waals surface area contributed by atoms with Gasteiger partial charge < -0.3 is 0 Å². The van der Waals surface area contributed by atoms with E-state index in [4.69, 9.17) is 0 Å². The lowest BCUT2D eigenvalue weighted by Gasteiger charge is -2.04. The summed E-state index contributed by atoms with van der Waals surface area (Å²) in [5.41, 5.74) is 2.47. The molecule has 0 nitrogen and oxygen atoms in total. The molecule has 0 aromatic carbocycles. The van der Waals surface area contributed by atoms with E-state index in [-0.39, 0.29) is 0 Å². The molecule has 0 N–H and O–H groups in total. The molecule has 0 atom stereocenters. The van der Waals surface area contributed by atoms with Gasteiger partial charge in [0.15, 0.2) is 0 Å². The minimum absolute atomic E-state index is 0.607. The van der Waals surface area contributed by atoms with Crippen molar-refractivity contribution in [3.63, 3.8) is 0 Å². The van der Waals surface area contributed by atoms with Crippen LogP contribution in [-0.4, -0.2) is 0 Å². The topological polar surface area (TPSA) is 0 Å². The van der Waals surface area contributed by atoms with Gasteiger partial charge in [-0.15, -0.1) is 0 Å². The summed E-state index contributed by atoms with van der Waals surface area (Å²) in [6.07, 6.45) is 6.33. The Hall–Kier alpha value is -0.780. The number of hydrogen-bond acceptors (Lipinski definition) is 0. The van der Waals surface area contributed by atoms with Crippen LogP contribution in [0.2, 0.25) is 0 Å². The molecular weight excluding hydrogens is 180 g/mol. The van der Waals surface area contributed by atoms with Crippen molar-refractivity contribution in [1.82, 2.24) is 0 Å². The van der Waals surface area contributed by atoms with E-state index in [0.717, 1.165) is 11.5 Å². The minimum Gasteiger partial charge on any atom is -0.0961 e.